The van der Waals surface area contributed by atoms with E-state index in [-0.39, 0.29) is 22.8 Å². The highest BCUT2D eigenvalue weighted by Gasteiger charge is 2.16. The first-order valence-corrected chi connectivity index (χ1v) is 5.65. The molecule has 0 heterocycles. The molecule has 1 amide bonds. The topological polar surface area (TPSA) is 90.7 Å². The van der Waals surface area contributed by atoms with Gasteiger partial charge in [0.25, 0.3) is 11.6 Å². The molecule has 0 fully saturated rings. The van der Waals surface area contributed by atoms with Gasteiger partial charge < -0.3 is 14.8 Å². The zero-order valence-electron chi connectivity index (χ0n) is 10.4. The molecule has 0 bridgehead atoms. The molecular weight excluding hydrogens is 276 g/mol. The van der Waals surface area contributed by atoms with Crippen LogP contribution >= 0.6 is 11.6 Å². The Labute approximate surface area is 114 Å². The third-order valence-corrected chi connectivity index (χ3v) is 2.69. The van der Waals surface area contributed by atoms with Crippen LogP contribution < -0.4 is 5.32 Å². The number of ether oxygens (including phenoxy) is 2. The average molecular weight is 289 g/mol. The zero-order chi connectivity index (χ0) is 14.4. The Hall–Kier alpha value is -1.70. The number of methoxy groups -OCH3 is 2. The monoisotopic (exact) mass is 288 g/mol. The molecule has 7 nitrogen and oxygen atoms in total. The van der Waals surface area contributed by atoms with Crippen LogP contribution in [0.5, 0.6) is 0 Å². The van der Waals surface area contributed by atoms with Gasteiger partial charge in [0.05, 0.1) is 22.1 Å². The van der Waals surface area contributed by atoms with Crippen LogP contribution in [0.2, 0.25) is 5.02 Å². The first-order chi connectivity index (χ1) is 8.99. The SMILES string of the molecule is COC(CNC(=O)c1cc([N+](=O)[O-])ccc1Cl)OC. The fourth-order valence-corrected chi connectivity index (χ4v) is 1.54. The van der Waals surface area contributed by atoms with Gasteiger partial charge >= 0.3 is 0 Å². The average Bonchev–Trinajstić information content (AvgIpc) is 2.39. The molecule has 0 radical (unpaired) electrons. The molecule has 0 saturated carbocycles. The van der Waals surface area contributed by atoms with Crippen LogP contribution in [-0.4, -0.2) is 37.9 Å². The minimum atomic E-state index is -0.597. The summed E-state index contributed by atoms with van der Waals surface area (Å²) >= 11 is 5.83. The number of benzene rings is 1. The molecule has 1 N–H and O–H groups in total. The highest BCUT2D eigenvalue weighted by molar-refractivity contribution is 6.33. The van der Waals surface area contributed by atoms with Crippen molar-refractivity contribution in [3.05, 3.63) is 38.9 Å². The van der Waals surface area contributed by atoms with Crippen LogP contribution in [0.4, 0.5) is 5.69 Å². The molecule has 1 rings (SSSR count). The number of nitro benzene ring substituents is 1. The lowest BCUT2D eigenvalue weighted by molar-refractivity contribution is -0.384. The third kappa shape index (κ3) is 4.16. The van der Waals surface area contributed by atoms with E-state index in [1.54, 1.807) is 0 Å². The van der Waals surface area contributed by atoms with Crippen LogP contribution in [0.3, 0.4) is 0 Å². The van der Waals surface area contributed by atoms with Gasteiger partial charge in [-0.25, -0.2) is 0 Å². The lowest BCUT2D eigenvalue weighted by atomic mass is 10.2. The molecule has 0 aromatic heterocycles. The van der Waals surface area contributed by atoms with Gasteiger partial charge in [-0.2, -0.15) is 0 Å². The largest absolute Gasteiger partial charge is 0.354 e. The molecule has 19 heavy (non-hydrogen) atoms. The van der Waals surface area contributed by atoms with Crippen molar-refractivity contribution in [2.75, 3.05) is 20.8 Å². The molecule has 0 aliphatic carbocycles. The summed E-state index contributed by atoms with van der Waals surface area (Å²) in [6, 6.07) is 3.65. The molecular formula is C11H13ClN2O5. The van der Waals surface area contributed by atoms with Crippen LogP contribution in [0.1, 0.15) is 10.4 Å². The molecule has 1 aromatic carbocycles. The second kappa shape index (κ2) is 7.03. The van der Waals surface area contributed by atoms with Crippen molar-refractivity contribution in [1.82, 2.24) is 5.32 Å². The number of hydrogen-bond acceptors (Lipinski definition) is 5. The van der Waals surface area contributed by atoms with Gasteiger partial charge in [0, 0.05) is 26.4 Å². The van der Waals surface area contributed by atoms with Gasteiger partial charge in [-0.15, -0.1) is 0 Å². The van der Waals surface area contributed by atoms with E-state index in [0.717, 1.165) is 6.07 Å². The van der Waals surface area contributed by atoms with Gasteiger partial charge in [0.15, 0.2) is 6.29 Å². The number of nitro groups is 1. The number of amides is 1. The Morgan fingerprint density at radius 3 is 2.63 bits per heavy atom. The summed E-state index contributed by atoms with van der Waals surface area (Å²) in [7, 11) is 2.86. The summed E-state index contributed by atoms with van der Waals surface area (Å²) < 4.78 is 9.80. The second-order valence-corrected chi connectivity index (χ2v) is 3.94. The van der Waals surface area contributed by atoms with Gasteiger partial charge in [-0.05, 0) is 6.07 Å². The number of nitrogens with zero attached hydrogens (tertiary/aromatic N) is 1. The number of carbonyl (C=O) groups excluding carboxylic acids is 1. The van der Waals surface area contributed by atoms with E-state index in [2.05, 4.69) is 5.32 Å². The van der Waals surface area contributed by atoms with Crippen molar-refractivity contribution >= 4 is 23.2 Å². The van der Waals surface area contributed by atoms with Gasteiger partial charge in [0.1, 0.15) is 0 Å². The van der Waals surface area contributed by atoms with Crippen LogP contribution in [0.15, 0.2) is 18.2 Å². The van der Waals surface area contributed by atoms with E-state index in [0.29, 0.717) is 0 Å². The Kier molecular flexibility index (Phi) is 5.68. The smallest absolute Gasteiger partial charge is 0.270 e. The van der Waals surface area contributed by atoms with Crippen molar-refractivity contribution in [2.24, 2.45) is 0 Å². The van der Waals surface area contributed by atoms with Crippen molar-refractivity contribution < 1.29 is 19.2 Å². The number of halogens is 1. The molecule has 0 aliphatic heterocycles. The molecule has 0 unspecified atom stereocenters. The minimum Gasteiger partial charge on any atom is -0.354 e. The molecule has 0 saturated heterocycles. The van der Waals surface area contributed by atoms with Gasteiger partial charge in [-0.1, -0.05) is 11.6 Å². The Morgan fingerprint density at radius 2 is 2.11 bits per heavy atom. The van der Waals surface area contributed by atoms with Crippen molar-refractivity contribution in [1.29, 1.82) is 0 Å². The molecule has 0 spiro atoms. The quantitative estimate of drug-likeness (QED) is 0.488. The number of hydrogen-bond donors (Lipinski definition) is 1. The van der Waals surface area contributed by atoms with E-state index in [4.69, 9.17) is 21.1 Å². The summed E-state index contributed by atoms with van der Waals surface area (Å²) in [6.07, 6.45) is -0.596. The van der Waals surface area contributed by atoms with Crippen molar-refractivity contribution in [2.45, 2.75) is 6.29 Å². The van der Waals surface area contributed by atoms with Crippen LogP contribution in [0.25, 0.3) is 0 Å². The summed E-state index contributed by atoms with van der Waals surface area (Å²) in [5.74, 6) is -0.534. The second-order valence-electron chi connectivity index (χ2n) is 3.53. The molecule has 0 atom stereocenters. The normalized spacial score (nSPS) is 10.5. The maximum absolute atomic E-state index is 11.8. The van der Waals surface area contributed by atoms with Crippen LogP contribution in [-0.2, 0) is 9.47 Å². The van der Waals surface area contributed by atoms with E-state index in [1.165, 1.54) is 26.4 Å². The summed E-state index contributed by atoms with van der Waals surface area (Å²) in [6.45, 7) is 0.102. The maximum Gasteiger partial charge on any atom is 0.270 e. The first-order valence-electron chi connectivity index (χ1n) is 5.27. The predicted molar refractivity (Wildman–Crippen MR) is 68.2 cm³/mol. The predicted octanol–water partition coefficient (Wildman–Crippen LogP) is 1.60. The number of carbonyl (C=O) groups is 1. The van der Waals surface area contributed by atoms with Crippen LogP contribution in [0, 0.1) is 10.1 Å². The summed E-state index contributed by atoms with van der Waals surface area (Å²) in [5.41, 5.74) is -0.175. The Bertz CT molecular complexity index is 476. The molecule has 1 aromatic rings. The lowest BCUT2D eigenvalue weighted by Crippen LogP contribution is -2.34. The summed E-state index contributed by atoms with van der Waals surface area (Å²) in [4.78, 5) is 21.9. The van der Waals surface area contributed by atoms with Gasteiger partial charge in [0.2, 0.25) is 0 Å². The fraction of sp³-hybridized carbons (Fsp3) is 0.364. The van der Waals surface area contributed by atoms with E-state index in [1.807, 2.05) is 0 Å². The molecule has 104 valence electrons. The molecule has 8 heteroatoms. The summed E-state index contributed by atoms with van der Waals surface area (Å²) in [5, 5.41) is 13.3. The highest BCUT2D eigenvalue weighted by Crippen LogP contribution is 2.21. The third-order valence-electron chi connectivity index (χ3n) is 2.36. The Morgan fingerprint density at radius 1 is 1.47 bits per heavy atom. The minimum absolute atomic E-state index is 0.0295. The number of non-ortho nitro benzene ring substituents is 1. The zero-order valence-corrected chi connectivity index (χ0v) is 11.1. The standard InChI is InChI=1S/C11H13ClN2O5/c1-18-10(19-2)6-13-11(15)8-5-7(14(16)17)3-4-9(8)12/h3-5,10H,6H2,1-2H3,(H,13,15). The maximum atomic E-state index is 11.8. The highest BCUT2D eigenvalue weighted by atomic mass is 35.5. The van der Waals surface area contributed by atoms with Crippen molar-refractivity contribution in [3.8, 4) is 0 Å². The first kappa shape index (κ1) is 15.4. The number of rotatable bonds is 6. The van der Waals surface area contributed by atoms with E-state index >= 15 is 0 Å². The fourth-order valence-electron chi connectivity index (χ4n) is 1.33. The van der Waals surface area contributed by atoms with Crippen molar-refractivity contribution in [3.63, 3.8) is 0 Å². The molecule has 0 aliphatic rings. The Balaban J connectivity index is 2.81. The lowest BCUT2D eigenvalue weighted by Gasteiger charge is -2.14. The van der Waals surface area contributed by atoms with E-state index < -0.39 is 17.1 Å². The number of nitrogens with one attached hydrogen (secondary N) is 1. The van der Waals surface area contributed by atoms with Gasteiger partial charge in [-0.3, -0.25) is 14.9 Å². The van der Waals surface area contributed by atoms with E-state index in [9.17, 15) is 14.9 Å².